The van der Waals surface area contributed by atoms with Crippen molar-refractivity contribution in [1.29, 1.82) is 0 Å². The first-order valence-electron chi connectivity index (χ1n) is 6.51. The maximum atomic E-state index is 11.6. The monoisotopic (exact) mass is 312 g/mol. The molecule has 0 bridgehead atoms. The summed E-state index contributed by atoms with van der Waals surface area (Å²) in [4.78, 5) is 27.8. The second-order valence-electron chi connectivity index (χ2n) is 4.67. The Morgan fingerprint density at radius 3 is 2.60 bits per heavy atom. The summed E-state index contributed by atoms with van der Waals surface area (Å²) in [5, 5.41) is 0. The first-order chi connectivity index (χ1) is 9.60. The normalized spacial score (nSPS) is 15.4. The Balaban J connectivity index is 1.90. The number of thiophene rings is 1. The molecule has 1 aromatic rings. The van der Waals surface area contributed by atoms with Crippen LogP contribution in [0.5, 0.6) is 0 Å². The minimum atomic E-state index is -0.0623. The predicted octanol–water partition coefficient (Wildman–Crippen LogP) is 2.54. The van der Waals surface area contributed by atoms with Crippen LogP contribution in [0.25, 0.3) is 0 Å². The van der Waals surface area contributed by atoms with E-state index in [0.717, 1.165) is 15.8 Å². The number of carbonyl (C=O) groups is 2. The Morgan fingerprint density at radius 1 is 1.35 bits per heavy atom. The predicted molar refractivity (Wildman–Crippen MR) is 80.8 cm³/mol. The molecule has 1 aliphatic rings. The third kappa shape index (κ3) is 3.91. The number of imide groups is 1. The first kappa shape index (κ1) is 15.2. The van der Waals surface area contributed by atoms with Crippen molar-refractivity contribution >= 4 is 34.8 Å². The number of halogens is 1. The van der Waals surface area contributed by atoms with Crippen LogP contribution in [0.4, 0.5) is 0 Å². The first-order valence-corrected chi connectivity index (χ1v) is 7.70. The Morgan fingerprint density at radius 2 is 2.05 bits per heavy atom. The van der Waals surface area contributed by atoms with Crippen LogP contribution in [0.15, 0.2) is 24.8 Å². The quantitative estimate of drug-likeness (QED) is 0.574. The number of likely N-dealkylation sites (tertiary alicyclic amines) is 1. The number of amides is 2. The molecule has 0 aliphatic carbocycles. The van der Waals surface area contributed by atoms with E-state index in [0.29, 0.717) is 32.5 Å². The summed E-state index contributed by atoms with van der Waals surface area (Å²) in [5.41, 5.74) is 0. The molecule has 108 valence electrons. The minimum absolute atomic E-state index is 0.0623. The maximum absolute atomic E-state index is 11.6. The van der Waals surface area contributed by atoms with Crippen molar-refractivity contribution in [2.45, 2.75) is 19.4 Å². The minimum Gasteiger partial charge on any atom is -0.293 e. The van der Waals surface area contributed by atoms with Crippen LogP contribution in [-0.2, 0) is 16.1 Å². The largest absolute Gasteiger partial charge is 0.293 e. The van der Waals surface area contributed by atoms with E-state index in [1.807, 2.05) is 18.2 Å². The summed E-state index contributed by atoms with van der Waals surface area (Å²) in [5.74, 6) is -0.125. The molecular formula is C14H17ClN2O2S. The molecule has 1 saturated heterocycles. The Labute approximate surface area is 127 Å². The highest BCUT2D eigenvalue weighted by molar-refractivity contribution is 7.16. The van der Waals surface area contributed by atoms with Gasteiger partial charge in [0.15, 0.2) is 0 Å². The third-order valence-electron chi connectivity index (χ3n) is 3.19. The van der Waals surface area contributed by atoms with E-state index in [9.17, 15) is 9.59 Å². The highest BCUT2D eigenvalue weighted by atomic mass is 35.5. The van der Waals surface area contributed by atoms with Gasteiger partial charge in [-0.2, -0.15) is 0 Å². The van der Waals surface area contributed by atoms with E-state index < -0.39 is 0 Å². The second kappa shape index (κ2) is 7.02. The smallest absolute Gasteiger partial charge is 0.229 e. The van der Waals surface area contributed by atoms with Crippen molar-refractivity contribution in [3.05, 3.63) is 34.0 Å². The number of hydrogen-bond acceptors (Lipinski definition) is 4. The summed E-state index contributed by atoms with van der Waals surface area (Å²) < 4.78 is 0.767. The van der Waals surface area contributed by atoms with Gasteiger partial charge < -0.3 is 0 Å². The van der Waals surface area contributed by atoms with E-state index >= 15 is 0 Å². The van der Waals surface area contributed by atoms with Gasteiger partial charge in [0, 0.05) is 43.9 Å². The standard InChI is InChI=1S/C14H17ClN2O2S/c1-2-7-16(10-11-3-4-12(15)20-11)8-9-17-13(18)5-6-14(17)19/h2-4H,1,5-10H2. The summed E-state index contributed by atoms with van der Waals surface area (Å²) in [6, 6.07) is 3.87. The highest BCUT2D eigenvalue weighted by Crippen LogP contribution is 2.22. The van der Waals surface area contributed by atoms with Crippen molar-refractivity contribution in [3.8, 4) is 0 Å². The van der Waals surface area contributed by atoms with Crippen LogP contribution in [0.1, 0.15) is 17.7 Å². The molecule has 20 heavy (non-hydrogen) atoms. The van der Waals surface area contributed by atoms with Gasteiger partial charge in [0.25, 0.3) is 0 Å². The van der Waals surface area contributed by atoms with E-state index in [2.05, 4.69) is 11.5 Å². The SMILES string of the molecule is C=CCN(CCN1C(=O)CCC1=O)Cc1ccc(Cl)s1. The Bertz CT molecular complexity index is 499. The summed E-state index contributed by atoms with van der Waals surface area (Å²) >= 11 is 7.47. The van der Waals surface area contributed by atoms with E-state index in [1.54, 1.807) is 11.3 Å². The molecule has 0 aromatic carbocycles. The lowest BCUT2D eigenvalue weighted by atomic mass is 10.3. The van der Waals surface area contributed by atoms with Gasteiger partial charge >= 0.3 is 0 Å². The maximum Gasteiger partial charge on any atom is 0.229 e. The second-order valence-corrected chi connectivity index (χ2v) is 6.47. The van der Waals surface area contributed by atoms with Gasteiger partial charge in [0.2, 0.25) is 11.8 Å². The number of rotatable bonds is 7. The fraction of sp³-hybridized carbons (Fsp3) is 0.429. The Kier molecular flexibility index (Phi) is 5.34. The molecule has 1 aromatic heterocycles. The van der Waals surface area contributed by atoms with Gasteiger partial charge in [-0.1, -0.05) is 17.7 Å². The summed E-state index contributed by atoms with van der Waals surface area (Å²) in [6.07, 6.45) is 2.52. The van der Waals surface area contributed by atoms with Crippen LogP contribution >= 0.6 is 22.9 Å². The zero-order chi connectivity index (χ0) is 14.5. The average Bonchev–Trinajstić information content (AvgIpc) is 2.95. The number of carbonyl (C=O) groups excluding carboxylic acids is 2. The van der Waals surface area contributed by atoms with Gasteiger partial charge in [-0.05, 0) is 12.1 Å². The summed E-state index contributed by atoms with van der Waals surface area (Å²) in [7, 11) is 0. The van der Waals surface area contributed by atoms with Crippen molar-refractivity contribution in [2.24, 2.45) is 0 Å². The molecule has 0 N–H and O–H groups in total. The van der Waals surface area contributed by atoms with Crippen molar-refractivity contribution < 1.29 is 9.59 Å². The fourth-order valence-corrected chi connectivity index (χ4v) is 3.32. The zero-order valence-corrected chi connectivity index (χ0v) is 12.8. The third-order valence-corrected chi connectivity index (χ3v) is 4.41. The van der Waals surface area contributed by atoms with E-state index in [1.165, 1.54) is 4.90 Å². The molecule has 2 amide bonds. The van der Waals surface area contributed by atoms with Gasteiger partial charge in [0.1, 0.15) is 0 Å². The lowest BCUT2D eigenvalue weighted by molar-refractivity contribution is -0.138. The van der Waals surface area contributed by atoms with E-state index in [4.69, 9.17) is 11.6 Å². The average molecular weight is 313 g/mol. The van der Waals surface area contributed by atoms with E-state index in [-0.39, 0.29) is 11.8 Å². The van der Waals surface area contributed by atoms with Crippen LogP contribution in [-0.4, -0.2) is 41.2 Å². The van der Waals surface area contributed by atoms with Crippen molar-refractivity contribution in [2.75, 3.05) is 19.6 Å². The fourth-order valence-electron chi connectivity index (χ4n) is 2.19. The molecule has 1 aliphatic heterocycles. The zero-order valence-electron chi connectivity index (χ0n) is 11.2. The molecule has 1 fully saturated rings. The van der Waals surface area contributed by atoms with Gasteiger partial charge in [-0.25, -0.2) is 0 Å². The molecule has 6 heteroatoms. The lowest BCUT2D eigenvalue weighted by Gasteiger charge is -2.22. The van der Waals surface area contributed by atoms with Crippen LogP contribution in [0.3, 0.4) is 0 Å². The lowest BCUT2D eigenvalue weighted by Crippen LogP contribution is -2.37. The van der Waals surface area contributed by atoms with Crippen LogP contribution in [0, 0.1) is 0 Å². The van der Waals surface area contributed by atoms with Gasteiger partial charge in [-0.15, -0.1) is 17.9 Å². The van der Waals surface area contributed by atoms with Crippen molar-refractivity contribution in [3.63, 3.8) is 0 Å². The van der Waals surface area contributed by atoms with Crippen LogP contribution < -0.4 is 0 Å². The molecule has 0 spiro atoms. The number of hydrogen-bond donors (Lipinski definition) is 0. The van der Waals surface area contributed by atoms with Gasteiger partial charge in [0.05, 0.1) is 4.34 Å². The molecule has 0 radical (unpaired) electrons. The molecule has 0 atom stereocenters. The molecule has 0 unspecified atom stereocenters. The molecule has 4 nitrogen and oxygen atoms in total. The number of nitrogens with zero attached hydrogens (tertiary/aromatic N) is 2. The van der Waals surface area contributed by atoms with Crippen molar-refractivity contribution in [1.82, 2.24) is 9.80 Å². The molecule has 2 heterocycles. The van der Waals surface area contributed by atoms with Crippen LogP contribution in [0.2, 0.25) is 4.34 Å². The summed E-state index contributed by atoms with van der Waals surface area (Å²) in [6.45, 7) is 6.31. The molecular weight excluding hydrogens is 296 g/mol. The molecule has 2 rings (SSSR count). The highest BCUT2D eigenvalue weighted by Gasteiger charge is 2.28. The Hall–Kier alpha value is -1.17. The topological polar surface area (TPSA) is 40.6 Å². The van der Waals surface area contributed by atoms with Gasteiger partial charge in [-0.3, -0.25) is 19.4 Å². The molecule has 0 saturated carbocycles.